The average Bonchev–Trinajstić information content (AvgIpc) is 3.74. The molecule has 2 spiro atoms. The lowest BCUT2D eigenvalue weighted by Gasteiger charge is -2.64. The summed E-state index contributed by atoms with van der Waals surface area (Å²) in [5.41, 5.74) is -1.02. The first kappa shape index (κ1) is 44.3. The van der Waals surface area contributed by atoms with E-state index in [4.69, 9.17) is 23.7 Å². The number of aliphatic hydroxyl groups is 7. The maximum Gasteiger partial charge on any atom is 0.330 e. The molecule has 15 nitrogen and oxygen atoms in total. The third-order valence-corrected chi connectivity index (χ3v) is 17.3. The number of fused-ring (bicyclic) bond motifs is 2. The van der Waals surface area contributed by atoms with Crippen molar-refractivity contribution in [3.8, 4) is 0 Å². The Bertz CT molecular complexity index is 1590. The maximum atomic E-state index is 12.4. The molecule has 20 atom stereocenters. The minimum atomic E-state index is -1.66. The third-order valence-electron chi connectivity index (χ3n) is 17.3. The molecule has 12 unspecified atom stereocenters. The van der Waals surface area contributed by atoms with Crippen LogP contribution in [0.5, 0.6) is 0 Å². The van der Waals surface area contributed by atoms with Gasteiger partial charge >= 0.3 is 11.9 Å². The highest BCUT2D eigenvalue weighted by Gasteiger charge is 2.84. The molecule has 8 N–H and O–H groups in total. The van der Waals surface area contributed by atoms with Crippen LogP contribution in [0.25, 0.3) is 0 Å². The number of carbonyl (C=O) groups is 2. The predicted molar refractivity (Wildman–Crippen MR) is 204 cm³/mol. The Kier molecular flexibility index (Phi) is 11.9. The van der Waals surface area contributed by atoms with Crippen LogP contribution in [0, 0.1) is 50.7 Å². The van der Waals surface area contributed by atoms with E-state index in [9.17, 15) is 50.4 Å². The molecule has 7 fully saturated rings. The van der Waals surface area contributed by atoms with Crippen LogP contribution in [0.4, 0.5) is 0 Å². The van der Waals surface area contributed by atoms with Gasteiger partial charge in [0, 0.05) is 17.9 Å². The molecule has 0 aromatic carbocycles. The Labute approximate surface area is 341 Å². The van der Waals surface area contributed by atoms with E-state index in [-0.39, 0.29) is 53.3 Å². The molecule has 7 aliphatic rings. The average molecular weight is 825 g/mol. The highest BCUT2D eigenvalue weighted by Crippen LogP contribution is 2.89. The smallest absolute Gasteiger partial charge is 0.330 e. The Balaban J connectivity index is 1.07. The van der Waals surface area contributed by atoms with E-state index in [1.165, 1.54) is 6.92 Å². The summed E-state index contributed by atoms with van der Waals surface area (Å²) in [6.07, 6.45) is -5.96. The van der Waals surface area contributed by atoms with Crippen molar-refractivity contribution in [2.24, 2.45) is 50.7 Å². The van der Waals surface area contributed by atoms with E-state index in [0.29, 0.717) is 37.2 Å². The van der Waals surface area contributed by atoms with Gasteiger partial charge in [-0.3, -0.25) is 4.79 Å². The molecular formula is C43H68O15. The van der Waals surface area contributed by atoms with Crippen molar-refractivity contribution in [2.75, 3.05) is 13.2 Å². The Morgan fingerprint density at radius 3 is 2.17 bits per heavy atom. The summed E-state index contributed by atoms with van der Waals surface area (Å²) < 4.78 is 29.3. The van der Waals surface area contributed by atoms with E-state index >= 15 is 0 Å². The van der Waals surface area contributed by atoms with Crippen molar-refractivity contribution in [1.29, 1.82) is 0 Å². The summed E-state index contributed by atoms with van der Waals surface area (Å²) in [5, 5.41) is 87.0. The van der Waals surface area contributed by atoms with Gasteiger partial charge in [0.1, 0.15) is 49.3 Å². The summed E-state index contributed by atoms with van der Waals surface area (Å²) in [7, 11) is 0. The first-order valence-corrected chi connectivity index (χ1v) is 21.4. The molecule has 2 aliphatic heterocycles. The summed E-state index contributed by atoms with van der Waals surface area (Å²) >= 11 is 0. The lowest BCUT2D eigenvalue weighted by molar-refractivity contribution is -0.359. The number of allylic oxidation sites excluding steroid dienone is 1. The van der Waals surface area contributed by atoms with E-state index in [1.54, 1.807) is 13.0 Å². The highest BCUT2D eigenvalue weighted by atomic mass is 16.7. The number of hydrogen-bond donors (Lipinski definition) is 8. The topological polar surface area (TPSA) is 242 Å². The number of aliphatic hydroxyl groups excluding tert-OH is 7. The van der Waals surface area contributed by atoms with Crippen LogP contribution < -0.4 is 0 Å². The molecule has 2 saturated heterocycles. The van der Waals surface area contributed by atoms with Gasteiger partial charge in [-0.15, -0.1) is 0 Å². The molecule has 5 saturated carbocycles. The van der Waals surface area contributed by atoms with Crippen molar-refractivity contribution in [1.82, 2.24) is 0 Å². The van der Waals surface area contributed by atoms with Crippen LogP contribution in [0.2, 0.25) is 0 Å². The molecule has 0 bridgehead atoms. The number of aliphatic carboxylic acids is 1. The van der Waals surface area contributed by atoms with Gasteiger partial charge in [-0.05, 0) is 110 Å². The van der Waals surface area contributed by atoms with Crippen LogP contribution in [-0.2, 0) is 33.3 Å². The fourth-order valence-corrected chi connectivity index (χ4v) is 14.3. The summed E-state index contributed by atoms with van der Waals surface area (Å²) in [6.45, 7) is 13.1. The molecular weight excluding hydrogens is 756 g/mol. The fraction of sp³-hybridized carbons (Fsp3) is 0.907. The van der Waals surface area contributed by atoms with Crippen LogP contribution in [0.1, 0.15) is 106 Å². The lowest BCUT2D eigenvalue weighted by atomic mass is 9.41. The first-order valence-electron chi connectivity index (χ1n) is 21.4. The molecule has 2 heterocycles. The zero-order valence-corrected chi connectivity index (χ0v) is 35.0. The van der Waals surface area contributed by atoms with E-state index in [2.05, 4.69) is 34.6 Å². The van der Waals surface area contributed by atoms with Gasteiger partial charge in [0.05, 0.1) is 24.9 Å². The highest BCUT2D eigenvalue weighted by molar-refractivity contribution is 5.85. The van der Waals surface area contributed by atoms with Crippen LogP contribution >= 0.6 is 0 Å². The monoisotopic (exact) mass is 824 g/mol. The second kappa shape index (κ2) is 15.5. The third kappa shape index (κ3) is 6.72. The van der Waals surface area contributed by atoms with Gasteiger partial charge in [0.2, 0.25) is 0 Å². The molecule has 7 rings (SSSR count). The molecule has 15 heteroatoms. The van der Waals surface area contributed by atoms with Crippen LogP contribution in [0.15, 0.2) is 11.6 Å². The fourth-order valence-electron chi connectivity index (χ4n) is 14.3. The van der Waals surface area contributed by atoms with Gasteiger partial charge in [-0.2, -0.15) is 0 Å². The second-order valence-corrected chi connectivity index (χ2v) is 20.3. The van der Waals surface area contributed by atoms with E-state index in [0.717, 1.165) is 32.1 Å². The predicted octanol–water partition coefficient (Wildman–Crippen LogP) is 2.03. The maximum absolute atomic E-state index is 12.4. The van der Waals surface area contributed by atoms with Crippen LogP contribution in [0.3, 0.4) is 0 Å². The van der Waals surface area contributed by atoms with Crippen molar-refractivity contribution < 1.29 is 74.1 Å². The van der Waals surface area contributed by atoms with Gasteiger partial charge in [0.25, 0.3) is 0 Å². The van der Waals surface area contributed by atoms with Crippen molar-refractivity contribution in [3.63, 3.8) is 0 Å². The molecule has 0 aromatic rings. The van der Waals surface area contributed by atoms with Crippen LogP contribution in [-0.4, -0.2) is 140 Å². The van der Waals surface area contributed by atoms with Gasteiger partial charge in [-0.1, -0.05) is 40.7 Å². The van der Waals surface area contributed by atoms with Gasteiger partial charge in [-0.25, -0.2) is 4.79 Å². The zero-order chi connectivity index (χ0) is 42.5. The van der Waals surface area contributed by atoms with E-state index < -0.39 is 90.3 Å². The number of ether oxygens (including phenoxy) is 5. The van der Waals surface area contributed by atoms with Gasteiger partial charge in [0.15, 0.2) is 12.6 Å². The second-order valence-electron chi connectivity index (χ2n) is 20.3. The largest absolute Gasteiger partial charge is 0.478 e. The lowest BCUT2D eigenvalue weighted by Crippen LogP contribution is -2.65. The van der Waals surface area contributed by atoms with Gasteiger partial charge < -0.3 is 64.5 Å². The molecule has 0 aromatic heterocycles. The molecule has 5 aliphatic carbocycles. The number of carboxylic acid groups (broad SMARTS) is 1. The normalized spacial score (nSPS) is 51.4. The van der Waals surface area contributed by atoms with E-state index in [1.807, 2.05) is 0 Å². The summed E-state index contributed by atoms with van der Waals surface area (Å²) in [4.78, 5) is 23.2. The quantitative estimate of drug-likeness (QED) is 0.0845. The number of esters is 1. The zero-order valence-electron chi connectivity index (χ0n) is 35.0. The Morgan fingerprint density at radius 1 is 0.828 bits per heavy atom. The number of carbonyl (C=O) groups excluding carboxylic acids is 1. The number of hydrogen-bond acceptors (Lipinski definition) is 14. The molecule has 58 heavy (non-hydrogen) atoms. The summed E-state index contributed by atoms with van der Waals surface area (Å²) in [5.74, 6) is -1.04. The summed E-state index contributed by atoms with van der Waals surface area (Å²) in [6, 6.07) is 0. The minimum absolute atomic E-state index is 0.0280. The molecule has 0 amide bonds. The Hall–Kier alpha value is -1.76. The molecule has 0 radical (unpaired) electrons. The standard InChI is InChI=1S/C43H68O15/c1-20(9-8-10-21(2)36(52)53)30-23(45)15-40(6)27-12-11-26-39(4,5)29(13-14-42(26)19-43(27,42)16-28(47)41(30,40)7)57-38-34(51)32(49)35(25(56-38)18-54-22(3)44)58-37-33(50)31(48)24(46)17-55-37/h10,20,23-35,37-38,45-51H,8-9,11-19H2,1-7H3,(H,52,53)/b21-10+/t20-,23?,24?,25?,26+,27?,28?,29+,30+,31?,32?,33?,34?,35?,37?,38?,40+,41-,42-,43+/m1/s1. The number of rotatable bonds is 11. The number of carboxylic acids is 1. The van der Waals surface area contributed by atoms with Crippen molar-refractivity contribution in [2.45, 2.75) is 180 Å². The molecule has 330 valence electrons. The SMILES string of the molecule is CC(=O)OCC1OC(O[C@H]2CC[C@]34C[C@]35CC(O)[C@]3(C)[C@@H]([C@H](C)CC/C=C(\C)C(=O)O)C(O)C[C@@]3(C)C5CC[C@H]4C2(C)C)C(O)C(O)C1OC1OCC(O)C(O)C1O. The Morgan fingerprint density at radius 2 is 1.50 bits per heavy atom. The minimum Gasteiger partial charge on any atom is -0.478 e. The van der Waals surface area contributed by atoms with Crippen molar-refractivity contribution in [3.05, 3.63) is 11.6 Å². The van der Waals surface area contributed by atoms with Crippen molar-refractivity contribution >= 4 is 11.9 Å². The first-order chi connectivity index (χ1) is 27.1.